The summed E-state index contributed by atoms with van der Waals surface area (Å²) in [6.07, 6.45) is 0. The topological polar surface area (TPSA) is 12.5 Å². The van der Waals surface area contributed by atoms with E-state index >= 15 is 0 Å². The van der Waals surface area contributed by atoms with Crippen molar-refractivity contribution in [2.75, 3.05) is 4.90 Å². The first-order valence-electron chi connectivity index (χ1n) is 18.9. The summed E-state index contributed by atoms with van der Waals surface area (Å²) in [5.41, 5.74) is 14.2. The monoisotopic (exact) mass is 701 g/mol. The summed E-state index contributed by atoms with van der Waals surface area (Å²) >= 11 is 0. The van der Waals surface area contributed by atoms with E-state index in [4.69, 9.17) is 4.74 Å². The van der Waals surface area contributed by atoms with Crippen LogP contribution in [0.4, 0.5) is 17.1 Å². The maximum absolute atomic E-state index is 6.72. The molecular weight excluding hydrogens is 665 g/mol. The summed E-state index contributed by atoms with van der Waals surface area (Å²) in [4.78, 5) is 2.28. The molecule has 0 aromatic heterocycles. The molecule has 0 spiro atoms. The lowest BCUT2D eigenvalue weighted by molar-refractivity contribution is 0.487. The van der Waals surface area contributed by atoms with Gasteiger partial charge in [-0.3, -0.25) is 0 Å². The Kier molecular flexibility index (Phi) is 8.31. The summed E-state index contributed by atoms with van der Waals surface area (Å²) < 4.78 is 6.72. The van der Waals surface area contributed by atoms with Gasteiger partial charge in [0.15, 0.2) is 0 Å². The fourth-order valence-corrected chi connectivity index (χ4v) is 8.19. The third-order valence-electron chi connectivity index (χ3n) is 10.8. The zero-order valence-corrected chi connectivity index (χ0v) is 30.2. The van der Waals surface area contributed by atoms with Crippen LogP contribution in [0.5, 0.6) is 11.5 Å². The molecule has 0 N–H and O–H groups in total. The second-order valence-electron chi connectivity index (χ2n) is 14.1. The molecule has 0 saturated heterocycles. The average molecular weight is 702 g/mol. The van der Waals surface area contributed by atoms with E-state index in [0.717, 1.165) is 50.6 Å². The van der Waals surface area contributed by atoms with Crippen molar-refractivity contribution in [2.24, 2.45) is 0 Å². The second kappa shape index (κ2) is 14.0. The van der Waals surface area contributed by atoms with Crippen molar-refractivity contribution in [1.29, 1.82) is 0 Å². The molecule has 0 unspecified atom stereocenters. The van der Waals surface area contributed by atoms with Crippen LogP contribution in [0.3, 0.4) is 0 Å². The van der Waals surface area contributed by atoms with E-state index in [0.29, 0.717) is 0 Å². The molecular formula is C52H36BNO. The van der Waals surface area contributed by atoms with Crippen LogP contribution in [0.2, 0.25) is 0 Å². The first kappa shape index (κ1) is 32.5. The molecule has 0 aliphatic carbocycles. The number of ether oxygens (including phenoxy) is 1. The van der Waals surface area contributed by atoms with Crippen molar-refractivity contribution in [3.8, 4) is 44.9 Å². The molecule has 0 fully saturated rings. The average Bonchev–Trinajstić information content (AvgIpc) is 3.26. The van der Waals surface area contributed by atoms with Crippen molar-refractivity contribution in [3.05, 3.63) is 218 Å². The van der Waals surface area contributed by atoms with Gasteiger partial charge < -0.3 is 9.64 Å². The van der Waals surface area contributed by atoms with Gasteiger partial charge in [0.2, 0.25) is 6.71 Å². The molecule has 10 rings (SSSR count). The van der Waals surface area contributed by atoms with Crippen LogP contribution in [0.25, 0.3) is 44.2 Å². The molecule has 0 bridgehead atoms. The van der Waals surface area contributed by atoms with Gasteiger partial charge in [-0.15, -0.1) is 0 Å². The Morgan fingerprint density at radius 3 is 1.44 bits per heavy atom. The van der Waals surface area contributed by atoms with Crippen LogP contribution < -0.4 is 26.0 Å². The maximum atomic E-state index is 6.72. The largest absolute Gasteiger partial charge is 0.456 e. The van der Waals surface area contributed by atoms with Gasteiger partial charge >= 0.3 is 0 Å². The Balaban J connectivity index is 0.968. The Hall–Kier alpha value is -7.10. The van der Waals surface area contributed by atoms with Crippen LogP contribution >= 0.6 is 0 Å². The Labute approximate surface area is 322 Å². The number of hydrogen-bond acceptors (Lipinski definition) is 2. The highest BCUT2D eigenvalue weighted by atomic mass is 16.5. The molecule has 0 saturated carbocycles. The second-order valence-corrected chi connectivity index (χ2v) is 14.1. The quantitative estimate of drug-likeness (QED) is 0.146. The first-order valence-corrected chi connectivity index (χ1v) is 18.9. The molecule has 0 radical (unpaired) electrons. The molecule has 2 nitrogen and oxygen atoms in total. The molecule has 9 aromatic carbocycles. The predicted molar refractivity (Wildman–Crippen MR) is 233 cm³/mol. The summed E-state index contributed by atoms with van der Waals surface area (Å²) in [6.45, 7) is 0.166. The standard InChI is InChI=1S/C52H36BNO/c1-5-14-40(15-6-1)53(41-16-7-2-8-17-41)42-29-24-38(25-30-42)46-34-35-49-47-33-28-39(36-51(47)55-50-23-13-22-48(46)52(49)50)37-26-31-45(32-27-37)54(43-18-9-3-10-19-43)44-20-11-4-12-21-44/h1-36H. The Bertz CT molecular complexity index is 2670. The third kappa shape index (κ3) is 6.06. The number of fused-ring (bicyclic) bond motifs is 2. The van der Waals surface area contributed by atoms with E-state index in [1.54, 1.807) is 0 Å². The van der Waals surface area contributed by atoms with E-state index in [1.165, 1.54) is 38.5 Å². The molecule has 9 aromatic rings. The molecule has 55 heavy (non-hydrogen) atoms. The van der Waals surface area contributed by atoms with Gasteiger partial charge in [0.1, 0.15) is 11.5 Å². The van der Waals surface area contributed by atoms with Crippen molar-refractivity contribution in [3.63, 3.8) is 0 Å². The number of para-hydroxylation sites is 2. The fourth-order valence-electron chi connectivity index (χ4n) is 8.19. The lowest BCUT2D eigenvalue weighted by Gasteiger charge is -2.25. The normalized spacial score (nSPS) is 11.4. The highest BCUT2D eigenvalue weighted by Crippen LogP contribution is 2.49. The molecule has 0 amide bonds. The fraction of sp³-hybridized carbons (Fsp3) is 0. The number of hydrogen-bond donors (Lipinski definition) is 0. The van der Waals surface area contributed by atoms with Crippen molar-refractivity contribution in [2.45, 2.75) is 0 Å². The summed E-state index contributed by atoms with van der Waals surface area (Å²) in [5.74, 6) is 1.77. The van der Waals surface area contributed by atoms with E-state index in [2.05, 4.69) is 223 Å². The lowest BCUT2D eigenvalue weighted by atomic mass is 9.37. The van der Waals surface area contributed by atoms with Gasteiger partial charge in [0.05, 0.1) is 0 Å². The zero-order valence-electron chi connectivity index (χ0n) is 30.2. The summed E-state index contributed by atoms with van der Waals surface area (Å²) in [7, 11) is 0. The minimum absolute atomic E-state index is 0.166. The lowest BCUT2D eigenvalue weighted by Crippen LogP contribution is -2.51. The Morgan fingerprint density at radius 1 is 0.327 bits per heavy atom. The van der Waals surface area contributed by atoms with Gasteiger partial charge in [-0.25, -0.2) is 0 Å². The van der Waals surface area contributed by atoms with Gasteiger partial charge in [-0.1, -0.05) is 180 Å². The molecule has 1 aliphatic heterocycles. The molecule has 0 atom stereocenters. The number of nitrogens with zero attached hydrogens (tertiary/aromatic N) is 1. The molecule has 1 heterocycles. The number of anilines is 3. The van der Waals surface area contributed by atoms with Crippen molar-refractivity contribution >= 4 is 50.9 Å². The minimum Gasteiger partial charge on any atom is -0.456 e. The van der Waals surface area contributed by atoms with Crippen LogP contribution in [0.15, 0.2) is 218 Å². The SMILES string of the molecule is c1ccc(B(c2ccccc2)c2ccc(-c3ccc4c5c(cccc35)Oc3cc(-c5ccc(N(c6ccccc6)c6ccccc6)cc5)ccc3-4)cc2)cc1. The van der Waals surface area contributed by atoms with Gasteiger partial charge in [0.25, 0.3) is 0 Å². The van der Waals surface area contributed by atoms with Gasteiger partial charge in [0, 0.05) is 28.0 Å². The molecule has 1 aliphatic rings. The van der Waals surface area contributed by atoms with Crippen LogP contribution in [0, 0.1) is 0 Å². The van der Waals surface area contributed by atoms with E-state index in [-0.39, 0.29) is 6.71 Å². The van der Waals surface area contributed by atoms with Crippen molar-refractivity contribution < 1.29 is 4.74 Å². The Morgan fingerprint density at radius 2 is 0.818 bits per heavy atom. The van der Waals surface area contributed by atoms with Gasteiger partial charge in [-0.2, -0.15) is 0 Å². The zero-order chi connectivity index (χ0) is 36.6. The van der Waals surface area contributed by atoms with Crippen LogP contribution in [-0.2, 0) is 0 Å². The highest BCUT2D eigenvalue weighted by molar-refractivity contribution is 6.95. The minimum atomic E-state index is 0.166. The number of rotatable bonds is 8. The highest BCUT2D eigenvalue weighted by Gasteiger charge is 2.24. The van der Waals surface area contributed by atoms with Crippen LogP contribution in [-0.4, -0.2) is 6.71 Å². The number of benzene rings is 9. The van der Waals surface area contributed by atoms with Crippen LogP contribution in [0.1, 0.15) is 0 Å². The van der Waals surface area contributed by atoms with E-state index in [9.17, 15) is 0 Å². The van der Waals surface area contributed by atoms with Crippen molar-refractivity contribution in [1.82, 2.24) is 0 Å². The third-order valence-corrected chi connectivity index (χ3v) is 10.8. The predicted octanol–water partition coefficient (Wildman–Crippen LogP) is 11.9. The molecule has 3 heteroatoms. The summed E-state index contributed by atoms with van der Waals surface area (Å²) in [5, 5.41) is 2.35. The maximum Gasteiger partial charge on any atom is 0.241 e. The van der Waals surface area contributed by atoms with Gasteiger partial charge in [-0.05, 0) is 87.8 Å². The first-order chi connectivity index (χ1) is 27.3. The van der Waals surface area contributed by atoms with E-state index in [1.807, 2.05) is 0 Å². The molecule has 258 valence electrons. The van der Waals surface area contributed by atoms with E-state index < -0.39 is 0 Å². The summed E-state index contributed by atoms with van der Waals surface area (Å²) in [6, 6.07) is 78.1. The smallest absolute Gasteiger partial charge is 0.241 e.